The number of rotatable bonds is 22. The molecule has 84 heavy (non-hydrogen) atoms. The molecule has 1 spiro atoms. The van der Waals surface area contributed by atoms with Gasteiger partial charge in [0.05, 0.1) is 13.0 Å². The molecule has 5 rings (SSSR count). The first kappa shape index (κ1) is 67.2. The van der Waals surface area contributed by atoms with Crippen LogP contribution in [0.3, 0.4) is 0 Å². The Morgan fingerprint density at radius 2 is 1.36 bits per heavy atom. The van der Waals surface area contributed by atoms with E-state index in [-0.39, 0.29) is 76.2 Å². The van der Waals surface area contributed by atoms with Gasteiger partial charge in [0.15, 0.2) is 5.96 Å². The molecule has 1 aliphatic carbocycles. The minimum atomic E-state index is -1.69. The molecule has 3 aliphatic rings. The maximum atomic E-state index is 15.1. The molecule has 28 heteroatoms. The summed E-state index contributed by atoms with van der Waals surface area (Å²) < 4.78 is 4.89. The van der Waals surface area contributed by atoms with Crippen LogP contribution in [-0.4, -0.2) is 154 Å². The highest BCUT2D eigenvalue weighted by atomic mass is 33.1. The van der Waals surface area contributed by atoms with Gasteiger partial charge in [-0.05, 0) is 81.0 Å². The second kappa shape index (κ2) is 33.0. The molecule has 2 heterocycles. The van der Waals surface area contributed by atoms with Crippen molar-refractivity contribution in [3.8, 4) is 5.75 Å². The molecule has 11 amide bonds. The van der Waals surface area contributed by atoms with Crippen molar-refractivity contribution in [2.24, 2.45) is 39.6 Å². The Balaban J connectivity index is 1.51. The largest absolute Gasteiger partial charge is 0.494 e. The van der Waals surface area contributed by atoms with Gasteiger partial charge in [-0.15, -0.1) is 0 Å². The minimum absolute atomic E-state index is 0.0107. The van der Waals surface area contributed by atoms with Crippen LogP contribution in [0, 0.1) is 5.92 Å². The van der Waals surface area contributed by atoms with Gasteiger partial charge in [0.1, 0.15) is 54.1 Å². The number of hydrogen-bond donors (Lipinski definition) is 12. The first-order valence-corrected chi connectivity index (χ1v) is 30.7. The molecule has 0 unspecified atom stereocenters. The lowest BCUT2D eigenvalue weighted by atomic mass is 9.85. The summed E-state index contributed by atoms with van der Waals surface area (Å²) in [5.41, 5.74) is 28.8. The lowest BCUT2D eigenvalue weighted by Gasteiger charge is -2.37. The van der Waals surface area contributed by atoms with E-state index in [1.165, 1.54) is 26.5 Å². The molecule has 26 nitrogen and oxygen atoms in total. The Kier molecular flexibility index (Phi) is 26.4. The minimum Gasteiger partial charge on any atom is -0.494 e. The van der Waals surface area contributed by atoms with E-state index in [1.54, 1.807) is 68.4 Å². The van der Waals surface area contributed by atoms with Crippen LogP contribution in [-0.2, 0) is 65.6 Å². The summed E-state index contributed by atoms with van der Waals surface area (Å²) in [6, 6.07) is 5.02. The van der Waals surface area contributed by atoms with Crippen LogP contribution in [0.15, 0.2) is 59.6 Å². The number of benzene rings is 2. The molecule has 3 fully saturated rings. The van der Waals surface area contributed by atoms with Crippen LogP contribution < -0.4 is 70.6 Å². The first-order chi connectivity index (χ1) is 40.0. The van der Waals surface area contributed by atoms with Crippen molar-refractivity contribution in [1.82, 2.24) is 42.1 Å². The number of ether oxygens (including phenoxy) is 1. The zero-order valence-corrected chi connectivity index (χ0v) is 49.5. The average Bonchev–Trinajstić information content (AvgIpc) is 3.63. The Hall–Kier alpha value is -7.62. The second-order valence-electron chi connectivity index (χ2n) is 21.6. The van der Waals surface area contributed by atoms with E-state index in [2.05, 4.69) is 42.2 Å². The van der Waals surface area contributed by atoms with Gasteiger partial charge in [0.2, 0.25) is 65.0 Å². The molecular weight excluding hydrogens is 1120 g/mol. The number of primary amides is 3. The molecule has 8 atom stereocenters. The molecule has 0 radical (unpaired) electrons. The highest BCUT2D eigenvalue weighted by Gasteiger charge is 2.43. The van der Waals surface area contributed by atoms with Crippen molar-refractivity contribution < 1.29 is 57.5 Å². The fraction of sp³-hybridized carbons (Fsp3) is 0.571. The van der Waals surface area contributed by atoms with Crippen LogP contribution in [0.25, 0.3) is 0 Å². The average molecular weight is 1210 g/mol. The number of carbonyl (C=O) groups excluding carboxylic acids is 11. The predicted molar refractivity (Wildman–Crippen MR) is 316 cm³/mol. The number of likely N-dealkylation sites (tertiary alicyclic amines) is 1. The topological polar surface area (TPSA) is 427 Å². The lowest BCUT2D eigenvalue weighted by molar-refractivity contribution is -0.142. The molecule has 2 aromatic carbocycles. The molecule has 1 saturated carbocycles. The van der Waals surface area contributed by atoms with Gasteiger partial charge in [-0.25, -0.2) is 0 Å². The summed E-state index contributed by atoms with van der Waals surface area (Å²) in [4.78, 5) is 158. The Morgan fingerprint density at radius 3 is 1.98 bits per heavy atom. The summed E-state index contributed by atoms with van der Waals surface area (Å²) in [6.45, 7) is 5.68. The van der Waals surface area contributed by atoms with E-state index in [1.807, 2.05) is 6.92 Å². The summed E-state index contributed by atoms with van der Waals surface area (Å²) in [6.07, 6.45) is 2.74. The van der Waals surface area contributed by atoms with E-state index >= 15 is 4.79 Å². The number of nitrogens with two attached hydrogens (primary N) is 5. The fourth-order valence-electron chi connectivity index (χ4n) is 10.2. The third-order valence-electron chi connectivity index (χ3n) is 14.6. The smallest absolute Gasteiger partial charge is 0.246 e. The third-order valence-corrected chi connectivity index (χ3v) is 17.9. The third kappa shape index (κ3) is 21.2. The first-order valence-electron chi connectivity index (χ1n) is 28.4. The van der Waals surface area contributed by atoms with Crippen molar-refractivity contribution >= 4 is 92.5 Å². The van der Waals surface area contributed by atoms with Gasteiger partial charge in [-0.3, -0.25) is 57.7 Å². The summed E-state index contributed by atoms with van der Waals surface area (Å²) in [7, 11) is 2.53. The second-order valence-corrected chi connectivity index (χ2v) is 24.4. The predicted octanol–water partition coefficient (Wildman–Crippen LogP) is -0.921. The van der Waals surface area contributed by atoms with Crippen molar-refractivity contribution in [2.75, 3.05) is 25.4 Å². The van der Waals surface area contributed by atoms with E-state index in [0.29, 0.717) is 42.7 Å². The van der Waals surface area contributed by atoms with Gasteiger partial charge in [-0.1, -0.05) is 97.2 Å². The molecular formula is C56H82N14O12S2. The number of guanidine groups is 1. The quantitative estimate of drug-likeness (QED) is 0.0294. The lowest BCUT2D eigenvalue weighted by Crippen LogP contribution is -2.62. The van der Waals surface area contributed by atoms with Crippen LogP contribution in [0.2, 0.25) is 0 Å². The van der Waals surface area contributed by atoms with Gasteiger partial charge in [0.25, 0.3) is 0 Å². The van der Waals surface area contributed by atoms with E-state index < -0.39 is 130 Å². The SMILES string of the molecule is CCOc1ccc(C[C@H]2NC(=O)CC3(CCCCC3)SSC[C@@H](C(=O)N3CCC[C@H]3C(=O)N[C@@H](CCC(N)=O)C(=O)N[C@@H](CCCN=C(N)N)C(N)=O)NC(=O)[C@H](CC(N)=O)NC(=O)[C@H](C(C)C)NC(=O)[C@H](Cc3ccccc3)NC2=O)cc1. The van der Waals surface area contributed by atoms with Gasteiger partial charge in [-0.2, -0.15) is 0 Å². The van der Waals surface area contributed by atoms with Crippen LogP contribution >= 0.6 is 21.6 Å². The summed E-state index contributed by atoms with van der Waals surface area (Å²) in [5, 5.41) is 19.0. The molecule has 17 N–H and O–H groups in total. The number of nitrogens with zero attached hydrogens (tertiary/aromatic N) is 2. The maximum absolute atomic E-state index is 15.1. The number of amides is 11. The van der Waals surface area contributed by atoms with E-state index in [4.69, 9.17) is 33.4 Å². The zero-order chi connectivity index (χ0) is 61.5. The summed E-state index contributed by atoms with van der Waals surface area (Å²) in [5.74, 6) is -9.28. The fourth-order valence-corrected chi connectivity index (χ4v) is 13.6. The van der Waals surface area contributed by atoms with Crippen molar-refractivity contribution in [2.45, 2.75) is 170 Å². The van der Waals surface area contributed by atoms with Gasteiger partial charge >= 0.3 is 0 Å². The Morgan fingerprint density at radius 1 is 0.726 bits per heavy atom. The van der Waals surface area contributed by atoms with Crippen molar-refractivity contribution in [3.05, 3.63) is 65.7 Å². The maximum Gasteiger partial charge on any atom is 0.246 e. The van der Waals surface area contributed by atoms with Gasteiger partial charge in [0, 0.05) is 49.3 Å². The van der Waals surface area contributed by atoms with Crippen LogP contribution in [0.1, 0.15) is 115 Å². The molecule has 2 saturated heterocycles. The molecule has 2 aromatic rings. The zero-order valence-electron chi connectivity index (χ0n) is 47.8. The molecule has 0 aromatic heterocycles. The normalized spacial score (nSPS) is 22.6. The van der Waals surface area contributed by atoms with E-state index in [0.717, 1.165) is 19.3 Å². The highest BCUT2D eigenvalue weighted by Crippen LogP contribution is 2.48. The van der Waals surface area contributed by atoms with Crippen LogP contribution in [0.5, 0.6) is 5.75 Å². The Labute approximate surface area is 496 Å². The number of hydrogen-bond acceptors (Lipinski definition) is 15. The number of aliphatic imine (C=N–C) groups is 1. The number of carbonyl (C=O) groups is 11. The summed E-state index contributed by atoms with van der Waals surface area (Å²) >= 11 is 0. The molecule has 0 bridgehead atoms. The molecule has 2 aliphatic heterocycles. The highest BCUT2D eigenvalue weighted by molar-refractivity contribution is 8.77. The van der Waals surface area contributed by atoms with Crippen molar-refractivity contribution in [1.29, 1.82) is 0 Å². The Bertz CT molecular complexity index is 2680. The standard InChI is InChI=1S/C56H82N14O12S2/c1-4-82-35-19-17-34(18-20-35)28-38-49(76)66-39(27-33-13-7-5-8-14-33)51(78)69-46(32(2)3)53(80)67-40(29-44(58)72)50(77)68-41(31-83-84-56(30-45(73)63-38)23-9-6-10-24-56)54(81)70-26-12-16-42(70)52(79)65-37(21-22-43(57)71)48(75)64-36(47(59)74)15-11-25-62-55(60)61/h5,7-8,13-14,17-20,32,36-42,46H,4,6,9-12,15-16,21-31H2,1-3H3,(H2,57,71)(H2,58,72)(H2,59,74)(H,63,73)(H,64,75)(H,65,79)(H,66,76)(H,67,80)(H,68,77)(H,69,78)(H4,60,61,62)/t36-,37-,38+,39-,40-,41-,42-,46-/m0/s1. The monoisotopic (exact) mass is 1210 g/mol. The van der Waals surface area contributed by atoms with Crippen molar-refractivity contribution in [3.63, 3.8) is 0 Å². The number of nitrogens with one attached hydrogen (secondary N) is 7. The van der Waals surface area contributed by atoms with Crippen LogP contribution in [0.4, 0.5) is 0 Å². The van der Waals surface area contributed by atoms with E-state index in [9.17, 15) is 47.9 Å². The van der Waals surface area contributed by atoms with Gasteiger partial charge < -0.3 is 75.5 Å². The molecule has 460 valence electrons.